The lowest BCUT2D eigenvalue weighted by molar-refractivity contribution is 0.0658. The highest BCUT2D eigenvalue weighted by Gasteiger charge is 2.22. The summed E-state index contributed by atoms with van der Waals surface area (Å²) in [5.74, 6) is 2.33. The van der Waals surface area contributed by atoms with Crippen LogP contribution in [0.4, 0.5) is 11.5 Å². The molecular formula is C19H25N5O3. The van der Waals surface area contributed by atoms with Crippen LogP contribution in [-0.4, -0.2) is 73.1 Å². The molecule has 1 aliphatic rings. The van der Waals surface area contributed by atoms with E-state index in [1.54, 1.807) is 33.3 Å². The van der Waals surface area contributed by atoms with Gasteiger partial charge in [-0.3, -0.25) is 4.79 Å². The molecule has 1 aromatic heterocycles. The molecule has 0 bridgehead atoms. The summed E-state index contributed by atoms with van der Waals surface area (Å²) in [4.78, 5) is 25.6. The first-order valence-electron chi connectivity index (χ1n) is 8.82. The second kappa shape index (κ2) is 8.22. The summed E-state index contributed by atoms with van der Waals surface area (Å²) in [7, 11) is 5.25. The van der Waals surface area contributed by atoms with Gasteiger partial charge in [0.05, 0.1) is 19.9 Å². The van der Waals surface area contributed by atoms with E-state index in [2.05, 4.69) is 27.2 Å². The van der Waals surface area contributed by atoms with Crippen molar-refractivity contribution < 1.29 is 14.3 Å². The highest BCUT2D eigenvalue weighted by atomic mass is 16.5. The third-order valence-electron chi connectivity index (χ3n) is 4.52. The van der Waals surface area contributed by atoms with Gasteiger partial charge in [-0.2, -0.15) is 0 Å². The molecule has 1 N–H and O–H groups in total. The number of piperazine rings is 1. The molecule has 0 radical (unpaired) electrons. The predicted octanol–water partition coefficient (Wildman–Crippen LogP) is 1.93. The molecule has 0 unspecified atom stereocenters. The van der Waals surface area contributed by atoms with Crippen LogP contribution in [0.25, 0.3) is 0 Å². The number of methoxy groups -OCH3 is 2. The lowest BCUT2D eigenvalue weighted by Gasteiger charge is -2.32. The Kier molecular flexibility index (Phi) is 5.75. The van der Waals surface area contributed by atoms with Gasteiger partial charge in [-0.15, -0.1) is 0 Å². The van der Waals surface area contributed by atoms with Crippen LogP contribution in [0.5, 0.6) is 11.5 Å². The summed E-state index contributed by atoms with van der Waals surface area (Å²) in [6.45, 7) is 4.91. The zero-order valence-corrected chi connectivity index (χ0v) is 16.2. The van der Waals surface area contributed by atoms with E-state index in [1.807, 2.05) is 17.0 Å². The van der Waals surface area contributed by atoms with Crippen LogP contribution in [0.3, 0.4) is 0 Å². The smallest absolute Gasteiger partial charge is 0.272 e. The molecule has 0 saturated carbocycles. The minimum atomic E-state index is -0.0710. The average Bonchev–Trinajstić information content (AvgIpc) is 2.68. The summed E-state index contributed by atoms with van der Waals surface area (Å²) >= 11 is 0. The number of aryl methyl sites for hydroxylation is 1. The van der Waals surface area contributed by atoms with Crippen LogP contribution in [0, 0.1) is 6.92 Å². The summed E-state index contributed by atoms with van der Waals surface area (Å²) in [5.41, 5.74) is 1.12. The number of amides is 1. The van der Waals surface area contributed by atoms with Crippen molar-refractivity contribution >= 4 is 17.4 Å². The Morgan fingerprint density at radius 2 is 1.81 bits per heavy atom. The minimum absolute atomic E-state index is 0.0710. The monoisotopic (exact) mass is 371 g/mol. The van der Waals surface area contributed by atoms with Crippen molar-refractivity contribution in [1.29, 1.82) is 0 Å². The lowest BCUT2D eigenvalue weighted by atomic mass is 10.2. The predicted molar refractivity (Wildman–Crippen MR) is 103 cm³/mol. The Balaban J connectivity index is 1.82. The molecule has 144 valence electrons. The number of carbonyl (C=O) groups is 1. The van der Waals surface area contributed by atoms with E-state index < -0.39 is 0 Å². The van der Waals surface area contributed by atoms with Crippen molar-refractivity contribution in [2.45, 2.75) is 6.92 Å². The summed E-state index contributed by atoms with van der Waals surface area (Å²) < 4.78 is 10.6. The van der Waals surface area contributed by atoms with Gasteiger partial charge in [0.1, 0.15) is 28.8 Å². The molecule has 0 spiro atoms. The van der Waals surface area contributed by atoms with Crippen molar-refractivity contribution in [3.8, 4) is 11.5 Å². The molecule has 27 heavy (non-hydrogen) atoms. The molecule has 2 heterocycles. The fourth-order valence-corrected chi connectivity index (χ4v) is 2.95. The topological polar surface area (TPSA) is 79.8 Å². The fourth-order valence-electron chi connectivity index (χ4n) is 2.95. The Bertz CT molecular complexity index is 819. The largest absolute Gasteiger partial charge is 0.497 e. The maximum atomic E-state index is 12.8. The van der Waals surface area contributed by atoms with Crippen LogP contribution < -0.4 is 14.8 Å². The second-order valence-corrected chi connectivity index (χ2v) is 6.47. The van der Waals surface area contributed by atoms with Gasteiger partial charge in [-0.25, -0.2) is 9.97 Å². The van der Waals surface area contributed by atoms with Crippen LogP contribution in [0.2, 0.25) is 0 Å². The molecule has 0 atom stereocenters. The highest BCUT2D eigenvalue weighted by Crippen LogP contribution is 2.31. The van der Waals surface area contributed by atoms with Crippen LogP contribution in [-0.2, 0) is 0 Å². The highest BCUT2D eigenvalue weighted by molar-refractivity contribution is 5.93. The van der Waals surface area contributed by atoms with Gasteiger partial charge in [-0.05, 0) is 26.1 Å². The Morgan fingerprint density at radius 3 is 2.48 bits per heavy atom. The molecule has 3 rings (SSSR count). The molecule has 1 aromatic carbocycles. The van der Waals surface area contributed by atoms with Gasteiger partial charge < -0.3 is 24.6 Å². The lowest BCUT2D eigenvalue weighted by Crippen LogP contribution is -2.47. The molecule has 2 aromatic rings. The molecule has 8 heteroatoms. The molecule has 1 saturated heterocycles. The van der Waals surface area contributed by atoms with E-state index in [-0.39, 0.29) is 5.91 Å². The molecule has 8 nitrogen and oxygen atoms in total. The van der Waals surface area contributed by atoms with Gasteiger partial charge >= 0.3 is 0 Å². The number of ether oxygens (including phenoxy) is 2. The van der Waals surface area contributed by atoms with Crippen LogP contribution in [0.1, 0.15) is 16.3 Å². The second-order valence-electron chi connectivity index (χ2n) is 6.47. The first-order valence-corrected chi connectivity index (χ1v) is 8.82. The standard InChI is InChI=1S/C19H25N5O3/c1-13-20-16(19(25)24-9-7-23(2)8-10-24)12-18(21-13)22-15-6-5-14(26-3)11-17(15)27-4/h5-6,11-12H,7-10H2,1-4H3,(H,20,21,22). The first kappa shape index (κ1) is 18.9. The number of nitrogens with one attached hydrogen (secondary N) is 1. The molecule has 0 aliphatic carbocycles. The number of nitrogens with zero attached hydrogens (tertiary/aromatic N) is 4. The number of carbonyl (C=O) groups excluding carboxylic acids is 1. The quantitative estimate of drug-likeness (QED) is 0.860. The number of hydrogen-bond donors (Lipinski definition) is 1. The van der Waals surface area contributed by atoms with Gasteiger partial charge in [0.2, 0.25) is 0 Å². The van der Waals surface area contributed by atoms with E-state index in [4.69, 9.17) is 9.47 Å². The summed E-state index contributed by atoms with van der Waals surface area (Å²) in [6.07, 6.45) is 0. The molecule has 1 aliphatic heterocycles. The maximum absolute atomic E-state index is 12.8. The van der Waals surface area contributed by atoms with E-state index in [0.29, 0.717) is 41.9 Å². The fraction of sp³-hybridized carbons (Fsp3) is 0.421. The Morgan fingerprint density at radius 1 is 1.07 bits per heavy atom. The van der Waals surface area contributed by atoms with E-state index in [0.717, 1.165) is 18.8 Å². The van der Waals surface area contributed by atoms with Gasteiger partial charge in [0, 0.05) is 38.3 Å². The zero-order valence-electron chi connectivity index (χ0n) is 16.2. The normalized spacial score (nSPS) is 14.7. The van der Waals surface area contributed by atoms with Crippen LogP contribution in [0.15, 0.2) is 24.3 Å². The molecule has 1 fully saturated rings. The SMILES string of the molecule is COc1ccc(Nc2cc(C(=O)N3CCN(C)CC3)nc(C)n2)c(OC)c1. The Labute approximate surface area is 159 Å². The number of rotatable bonds is 5. The zero-order chi connectivity index (χ0) is 19.4. The third-order valence-corrected chi connectivity index (χ3v) is 4.52. The molecular weight excluding hydrogens is 346 g/mol. The number of likely N-dealkylation sites (N-methyl/N-ethyl adjacent to an activating group) is 1. The van der Waals surface area contributed by atoms with Crippen molar-refractivity contribution in [2.75, 3.05) is 52.8 Å². The number of benzene rings is 1. The first-order chi connectivity index (χ1) is 13.0. The van der Waals surface area contributed by atoms with E-state index in [1.165, 1.54) is 0 Å². The van der Waals surface area contributed by atoms with E-state index >= 15 is 0 Å². The average molecular weight is 371 g/mol. The van der Waals surface area contributed by atoms with Crippen molar-refractivity contribution in [3.05, 3.63) is 35.8 Å². The summed E-state index contributed by atoms with van der Waals surface area (Å²) in [6, 6.07) is 7.14. The number of anilines is 2. The third kappa shape index (κ3) is 4.46. The van der Waals surface area contributed by atoms with Crippen LogP contribution >= 0.6 is 0 Å². The maximum Gasteiger partial charge on any atom is 0.272 e. The minimum Gasteiger partial charge on any atom is -0.497 e. The van der Waals surface area contributed by atoms with E-state index in [9.17, 15) is 4.79 Å². The van der Waals surface area contributed by atoms with Crippen molar-refractivity contribution in [3.63, 3.8) is 0 Å². The molecule has 1 amide bonds. The van der Waals surface area contributed by atoms with Gasteiger partial charge in [0.25, 0.3) is 5.91 Å². The summed E-state index contributed by atoms with van der Waals surface area (Å²) in [5, 5.41) is 3.21. The van der Waals surface area contributed by atoms with Crippen molar-refractivity contribution in [1.82, 2.24) is 19.8 Å². The number of hydrogen-bond acceptors (Lipinski definition) is 7. The van der Waals surface area contributed by atoms with Gasteiger partial charge in [-0.1, -0.05) is 0 Å². The Hall–Kier alpha value is -2.87. The van der Waals surface area contributed by atoms with Crippen molar-refractivity contribution in [2.24, 2.45) is 0 Å². The van der Waals surface area contributed by atoms with Gasteiger partial charge in [0.15, 0.2) is 0 Å². The number of aromatic nitrogens is 2.